The van der Waals surface area contributed by atoms with Crippen LogP contribution >= 0.6 is 0 Å². The highest BCUT2D eigenvalue weighted by Gasteiger charge is 2.34. The summed E-state index contributed by atoms with van der Waals surface area (Å²) >= 11 is 0. The molecule has 0 spiro atoms. The van der Waals surface area contributed by atoms with Crippen LogP contribution in [0.2, 0.25) is 0 Å². The van der Waals surface area contributed by atoms with Gasteiger partial charge in [-0.15, -0.1) is 0 Å². The molecule has 1 aliphatic carbocycles. The molecular formula is C14H27N3O3. The number of alkyl carbamates (subject to hydrolysis) is 1. The van der Waals surface area contributed by atoms with Crippen LogP contribution < -0.4 is 11.1 Å². The normalized spacial score (nSPS) is 26.8. The van der Waals surface area contributed by atoms with Crippen molar-refractivity contribution in [2.24, 2.45) is 11.7 Å². The third-order valence-corrected chi connectivity index (χ3v) is 3.40. The predicted octanol–water partition coefficient (Wildman–Crippen LogP) is 1.10. The average Bonchev–Trinajstić information content (AvgIpc) is 2.28. The maximum absolute atomic E-state index is 12.0. The Morgan fingerprint density at radius 2 is 1.85 bits per heavy atom. The molecule has 3 atom stereocenters. The van der Waals surface area contributed by atoms with Gasteiger partial charge >= 0.3 is 6.09 Å². The first-order chi connectivity index (χ1) is 9.10. The minimum absolute atomic E-state index is 0.0789. The largest absolute Gasteiger partial charge is 0.444 e. The van der Waals surface area contributed by atoms with Gasteiger partial charge in [0, 0.05) is 32.1 Å². The smallest absolute Gasteiger partial charge is 0.407 e. The predicted molar refractivity (Wildman–Crippen MR) is 77.2 cm³/mol. The monoisotopic (exact) mass is 285 g/mol. The topological polar surface area (TPSA) is 84.7 Å². The summed E-state index contributed by atoms with van der Waals surface area (Å²) in [5, 5.41) is 2.79. The minimum Gasteiger partial charge on any atom is -0.444 e. The van der Waals surface area contributed by atoms with Crippen LogP contribution in [0.4, 0.5) is 4.79 Å². The molecule has 0 heterocycles. The minimum atomic E-state index is -0.540. The van der Waals surface area contributed by atoms with Gasteiger partial charge < -0.3 is 20.7 Å². The summed E-state index contributed by atoms with van der Waals surface area (Å²) in [5.74, 6) is 0.0117. The lowest BCUT2D eigenvalue weighted by atomic mass is 9.82. The lowest BCUT2D eigenvalue weighted by Crippen LogP contribution is -2.53. The van der Waals surface area contributed by atoms with Gasteiger partial charge in [-0.05, 0) is 40.0 Å². The van der Waals surface area contributed by atoms with Crippen molar-refractivity contribution < 1.29 is 14.3 Å². The van der Waals surface area contributed by atoms with Crippen LogP contribution in [0.25, 0.3) is 0 Å². The molecular weight excluding hydrogens is 258 g/mol. The number of hydrogen-bond acceptors (Lipinski definition) is 4. The molecule has 1 saturated carbocycles. The molecule has 20 heavy (non-hydrogen) atoms. The number of nitrogens with two attached hydrogens (primary N) is 1. The number of amides is 2. The molecule has 0 saturated heterocycles. The SMILES string of the molecule is CN(C)C(=O)[C@@H]1CC[C@@H](N)[C@H](NC(=O)OC(C)(C)C)C1. The summed E-state index contributed by atoms with van der Waals surface area (Å²) in [6.07, 6.45) is 1.59. The van der Waals surface area contributed by atoms with Crippen molar-refractivity contribution in [3.63, 3.8) is 0 Å². The van der Waals surface area contributed by atoms with Crippen molar-refractivity contribution in [1.29, 1.82) is 0 Å². The third kappa shape index (κ3) is 5.00. The highest BCUT2D eigenvalue weighted by molar-refractivity contribution is 5.78. The van der Waals surface area contributed by atoms with E-state index >= 15 is 0 Å². The van der Waals surface area contributed by atoms with E-state index in [0.29, 0.717) is 6.42 Å². The Kier molecular flexibility index (Phi) is 5.39. The van der Waals surface area contributed by atoms with E-state index in [1.54, 1.807) is 19.0 Å². The fourth-order valence-corrected chi connectivity index (χ4v) is 2.41. The molecule has 6 nitrogen and oxygen atoms in total. The lowest BCUT2D eigenvalue weighted by Gasteiger charge is -2.35. The van der Waals surface area contributed by atoms with Crippen molar-refractivity contribution in [2.45, 2.75) is 57.7 Å². The average molecular weight is 285 g/mol. The van der Waals surface area contributed by atoms with Gasteiger partial charge in [0.1, 0.15) is 5.60 Å². The molecule has 116 valence electrons. The van der Waals surface area contributed by atoms with Crippen molar-refractivity contribution >= 4 is 12.0 Å². The molecule has 6 heteroatoms. The molecule has 0 bridgehead atoms. The van der Waals surface area contributed by atoms with E-state index < -0.39 is 11.7 Å². The summed E-state index contributed by atoms with van der Waals surface area (Å²) < 4.78 is 5.23. The molecule has 0 radical (unpaired) electrons. The molecule has 3 N–H and O–H groups in total. The first-order valence-corrected chi connectivity index (χ1v) is 7.06. The van der Waals surface area contributed by atoms with Crippen molar-refractivity contribution in [2.75, 3.05) is 14.1 Å². The second kappa shape index (κ2) is 6.43. The third-order valence-electron chi connectivity index (χ3n) is 3.40. The number of hydrogen-bond donors (Lipinski definition) is 2. The van der Waals surface area contributed by atoms with Crippen molar-refractivity contribution in [3.8, 4) is 0 Å². The highest BCUT2D eigenvalue weighted by Crippen LogP contribution is 2.25. The molecule has 0 aromatic rings. The molecule has 0 aromatic carbocycles. The van der Waals surface area contributed by atoms with Crippen LogP contribution in [0.1, 0.15) is 40.0 Å². The number of nitrogens with one attached hydrogen (secondary N) is 1. The zero-order valence-corrected chi connectivity index (χ0v) is 13.1. The first-order valence-electron chi connectivity index (χ1n) is 7.06. The second-order valence-corrected chi connectivity index (χ2v) is 6.66. The molecule has 2 amide bonds. The number of nitrogens with zero attached hydrogens (tertiary/aromatic N) is 1. The second-order valence-electron chi connectivity index (χ2n) is 6.66. The van der Waals surface area contributed by atoms with Gasteiger partial charge in [-0.1, -0.05) is 0 Å². The van der Waals surface area contributed by atoms with Crippen molar-refractivity contribution in [3.05, 3.63) is 0 Å². The van der Waals surface area contributed by atoms with Gasteiger partial charge in [-0.3, -0.25) is 4.79 Å². The molecule has 1 rings (SSSR count). The first kappa shape index (κ1) is 16.8. The van der Waals surface area contributed by atoms with Gasteiger partial charge in [0.25, 0.3) is 0 Å². The zero-order chi connectivity index (χ0) is 15.5. The summed E-state index contributed by atoms with van der Waals surface area (Å²) in [6.45, 7) is 5.43. The van der Waals surface area contributed by atoms with Crippen LogP contribution in [-0.2, 0) is 9.53 Å². The number of carbonyl (C=O) groups is 2. The van der Waals surface area contributed by atoms with E-state index in [-0.39, 0.29) is 23.9 Å². The summed E-state index contributed by atoms with van der Waals surface area (Å²) in [7, 11) is 3.49. The van der Waals surface area contributed by atoms with Crippen LogP contribution in [0.15, 0.2) is 0 Å². The summed E-state index contributed by atoms with van der Waals surface area (Å²) in [6, 6.07) is -0.346. The fraction of sp³-hybridized carbons (Fsp3) is 0.857. The Bertz CT molecular complexity index is 363. The number of rotatable bonds is 2. The highest BCUT2D eigenvalue weighted by atomic mass is 16.6. The fourth-order valence-electron chi connectivity index (χ4n) is 2.41. The zero-order valence-electron chi connectivity index (χ0n) is 13.1. The quantitative estimate of drug-likeness (QED) is 0.795. The van der Waals surface area contributed by atoms with Gasteiger partial charge in [0.15, 0.2) is 0 Å². The Labute approximate surface area is 121 Å². The number of carbonyl (C=O) groups excluding carboxylic acids is 2. The van der Waals surface area contributed by atoms with Gasteiger partial charge in [0.05, 0.1) is 0 Å². The molecule has 1 fully saturated rings. The van der Waals surface area contributed by atoms with Gasteiger partial charge in [-0.25, -0.2) is 4.79 Å². The standard InChI is InChI=1S/C14H27N3O3/c1-14(2,3)20-13(19)16-11-8-9(6-7-10(11)15)12(18)17(4)5/h9-11H,6-8,15H2,1-5H3,(H,16,19)/t9-,10-,11-/m1/s1. The van der Waals surface area contributed by atoms with Crippen LogP contribution in [0, 0.1) is 5.92 Å². The maximum atomic E-state index is 12.0. The van der Waals surface area contributed by atoms with E-state index in [1.807, 2.05) is 20.8 Å². The van der Waals surface area contributed by atoms with E-state index in [4.69, 9.17) is 10.5 Å². The van der Waals surface area contributed by atoms with Crippen LogP contribution in [-0.4, -0.2) is 48.7 Å². The van der Waals surface area contributed by atoms with Crippen LogP contribution in [0.3, 0.4) is 0 Å². The Morgan fingerprint density at radius 3 is 2.35 bits per heavy atom. The molecule has 0 aliphatic heterocycles. The van der Waals surface area contributed by atoms with Crippen molar-refractivity contribution in [1.82, 2.24) is 10.2 Å². The Morgan fingerprint density at radius 1 is 1.25 bits per heavy atom. The molecule has 0 aromatic heterocycles. The number of ether oxygens (including phenoxy) is 1. The van der Waals surface area contributed by atoms with Crippen LogP contribution in [0.5, 0.6) is 0 Å². The maximum Gasteiger partial charge on any atom is 0.407 e. The van der Waals surface area contributed by atoms with E-state index in [9.17, 15) is 9.59 Å². The lowest BCUT2D eigenvalue weighted by molar-refractivity contribution is -0.134. The van der Waals surface area contributed by atoms with Gasteiger partial charge in [-0.2, -0.15) is 0 Å². The summed E-state index contributed by atoms with van der Waals surface area (Å²) in [4.78, 5) is 25.4. The van der Waals surface area contributed by atoms with E-state index in [1.165, 1.54) is 0 Å². The van der Waals surface area contributed by atoms with E-state index in [0.717, 1.165) is 12.8 Å². The summed E-state index contributed by atoms with van der Waals surface area (Å²) in [5.41, 5.74) is 5.49. The Balaban J connectivity index is 2.59. The molecule has 1 aliphatic rings. The molecule has 0 unspecified atom stereocenters. The Hall–Kier alpha value is -1.30. The van der Waals surface area contributed by atoms with Gasteiger partial charge in [0.2, 0.25) is 5.91 Å². The van der Waals surface area contributed by atoms with E-state index in [2.05, 4.69) is 5.32 Å².